The van der Waals surface area contributed by atoms with Crippen molar-refractivity contribution in [3.05, 3.63) is 29.8 Å². The number of hydrogen-bond acceptors (Lipinski definition) is 3. The molecule has 0 bridgehead atoms. The molecular formula is C16H24N2O. The van der Waals surface area contributed by atoms with Crippen LogP contribution in [0, 0.1) is 0 Å². The Hall–Kier alpha value is -1.06. The third kappa shape index (κ3) is 2.77. The van der Waals surface area contributed by atoms with Crippen molar-refractivity contribution in [3.63, 3.8) is 0 Å². The monoisotopic (exact) mass is 260 g/mol. The Morgan fingerprint density at radius 1 is 1.21 bits per heavy atom. The predicted molar refractivity (Wildman–Crippen MR) is 77.5 cm³/mol. The summed E-state index contributed by atoms with van der Waals surface area (Å²) in [6.45, 7) is 7.20. The Morgan fingerprint density at radius 2 is 2.00 bits per heavy atom. The molecule has 0 amide bonds. The second-order valence-corrected chi connectivity index (χ2v) is 5.92. The highest BCUT2D eigenvalue weighted by atomic mass is 16.5. The fraction of sp³-hybridized carbons (Fsp3) is 0.625. The number of ether oxygens (including phenoxy) is 1. The van der Waals surface area contributed by atoms with E-state index in [2.05, 4.69) is 41.0 Å². The van der Waals surface area contributed by atoms with Crippen molar-refractivity contribution >= 4 is 0 Å². The van der Waals surface area contributed by atoms with Gasteiger partial charge in [-0.2, -0.15) is 0 Å². The summed E-state index contributed by atoms with van der Waals surface area (Å²) in [5.74, 6) is 0.942. The number of rotatable bonds is 3. The van der Waals surface area contributed by atoms with Crippen molar-refractivity contribution in [2.24, 2.45) is 0 Å². The van der Waals surface area contributed by atoms with Crippen LogP contribution in [0.3, 0.4) is 0 Å². The van der Waals surface area contributed by atoms with Gasteiger partial charge in [-0.15, -0.1) is 0 Å². The van der Waals surface area contributed by atoms with Crippen LogP contribution in [0.1, 0.15) is 25.3 Å². The van der Waals surface area contributed by atoms with Gasteiger partial charge in [-0.3, -0.25) is 9.80 Å². The first-order chi connectivity index (χ1) is 9.26. The molecule has 0 aliphatic carbocycles. The highest BCUT2D eigenvalue weighted by Crippen LogP contribution is 2.26. The average molecular weight is 260 g/mol. The molecule has 2 unspecified atom stereocenters. The van der Waals surface area contributed by atoms with Crippen molar-refractivity contribution in [1.82, 2.24) is 9.80 Å². The standard InChI is InChI=1S/C16H24N2O/c1-13-10-17-9-3-4-15(17)12-18(13)11-14-5-7-16(19-2)8-6-14/h5-8,13,15H,3-4,9-12H2,1-2H3. The molecule has 104 valence electrons. The van der Waals surface area contributed by atoms with Gasteiger partial charge in [-0.05, 0) is 44.0 Å². The van der Waals surface area contributed by atoms with E-state index < -0.39 is 0 Å². The minimum Gasteiger partial charge on any atom is -0.497 e. The number of fused-ring (bicyclic) bond motifs is 1. The van der Waals surface area contributed by atoms with Crippen LogP contribution in [0.2, 0.25) is 0 Å². The van der Waals surface area contributed by atoms with Crippen LogP contribution in [0.25, 0.3) is 0 Å². The summed E-state index contributed by atoms with van der Waals surface area (Å²) in [6.07, 6.45) is 2.76. The number of benzene rings is 1. The van der Waals surface area contributed by atoms with Gasteiger partial charge in [-0.1, -0.05) is 12.1 Å². The Labute approximate surface area is 116 Å². The molecule has 2 atom stereocenters. The zero-order valence-corrected chi connectivity index (χ0v) is 12.0. The predicted octanol–water partition coefficient (Wildman–Crippen LogP) is 2.36. The van der Waals surface area contributed by atoms with Gasteiger partial charge in [0.2, 0.25) is 0 Å². The Kier molecular flexibility index (Phi) is 3.76. The highest BCUT2D eigenvalue weighted by molar-refractivity contribution is 5.27. The molecule has 3 heteroatoms. The third-order valence-corrected chi connectivity index (χ3v) is 4.61. The lowest BCUT2D eigenvalue weighted by atomic mass is 10.1. The Morgan fingerprint density at radius 3 is 2.74 bits per heavy atom. The van der Waals surface area contributed by atoms with Gasteiger partial charge in [0.05, 0.1) is 7.11 Å². The molecule has 2 aliphatic heterocycles. The first-order valence-electron chi connectivity index (χ1n) is 7.37. The summed E-state index contributed by atoms with van der Waals surface area (Å²) >= 11 is 0. The van der Waals surface area contributed by atoms with Gasteiger partial charge in [-0.25, -0.2) is 0 Å². The molecule has 3 nitrogen and oxygen atoms in total. The minimum absolute atomic E-state index is 0.663. The summed E-state index contributed by atoms with van der Waals surface area (Å²) in [6, 6.07) is 9.96. The molecule has 2 aliphatic rings. The molecule has 0 N–H and O–H groups in total. The largest absolute Gasteiger partial charge is 0.497 e. The summed E-state index contributed by atoms with van der Waals surface area (Å²) in [4.78, 5) is 5.31. The van der Waals surface area contributed by atoms with Gasteiger partial charge in [0.1, 0.15) is 5.75 Å². The van der Waals surface area contributed by atoms with Crippen LogP contribution in [0.4, 0.5) is 0 Å². The average Bonchev–Trinajstić information content (AvgIpc) is 2.87. The quantitative estimate of drug-likeness (QED) is 0.830. The molecule has 1 aromatic rings. The van der Waals surface area contributed by atoms with Crippen molar-refractivity contribution in [2.45, 2.75) is 38.4 Å². The molecule has 3 rings (SSSR count). The summed E-state index contributed by atoms with van der Waals surface area (Å²) < 4.78 is 5.22. The summed E-state index contributed by atoms with van der Waals surface area (Å²) in [5.41, 5.74) is 1.39. The third-order valence-electron chi connectivity index (χ3n) is 4.61. The van der Waals surface area contributed by atoms with E-state index in [4.69, 9.17) is 4.74 Å². The van der Waals surface area contributed by atoms with Crippen LogP contribution in [0.15, 0.2) is 24.3 Å². The van der Waals surface area contributed by atoms with Gasteiger partial charge < -0.3 is 4.74 Å². The first-order valence-corrected chi connectivity index (χ1v) is 7.37. The van der Waals surface area contributed by atoms with E-state index in [0.717, 1.165) is 18.3 Å². The molecule has 2 fully saturated rings. The van der Waals surface area contributed by atoms with Crippen LogP contribution in [0.5, 0.6) is 5.75 Å². The maximum atomic E-state index is 5.22. The van der Waals surface area contributed by atoms with E-state index in [9.17, 15) is 0 Å². The molecule has 2 saturated heterocycles. The molecular weight excluding hydrogens is 236 g/mol. The van der Waals surface area contributed by atoms with Crippen LogP contribution >= 0.6 is 0 Å². The minimum atomic E-state index is 0.663. The maximum Gasteiger partial charge on any atom is 0.118 e. The summed E-state index contributed by atoms with van der Waals surface area (Å²) in [7, 11) is 1.72. The summed E-state index contributed by atoms with van der Waals surface area (Å²) in [5, 5.41) is 0. The number of nitrogens with zero attached hydrogens (tertiary/aromatic N) is 2. The van der Waals surface area contributed by atoms with Crippen LogP contribution in [-0.2, 0) is 6.54 Å². The second kappa shape index (κ2) is 5.51. The van der Waals surface area contributed by atoms with E-state index in [1.807, 2.05) is 0 Å². The van der Waals surface area contributed by atoms with E-state index in [1.165, 1.54) is 38.0 Å². The van der Waals surface area contributed by atoms with E-state index >= 15 is 0 Å². The Bertz CT molecular complexity index is 417. The lowest BCUT2D eigenvalue weighted by Gasteiger charge is -2.42. The fourth-order valence-corrected chi connectivity index (χ4v) is 3.43. The van der Waals surface area contributed by atoms with Crippen LogP contribution < -0.4 is 4.74 Å². The van der Waals surface area contributed by atoms with Crippen molar-refractivity contribution in [2.75, 3.05) is 26.7 Å². The fourth-order valence-electron chi connectivity index (χ4n) is 3.43. The number of hydrogen-bond donors (Lipinski definition) is 0. The van der Waals surface area contributed by atoms with Crippen molar-refractivity contribution in [3.8, 4) is 5.75 Å². The smallest absolute Gasteiger partial charge is 0.118 e. The van der Waals surface area contributed by atoms with Gasteiger partial charge in [0.15, 0.2) is 0 Å². The SMILES string of the molecule is COc1ccc(CN2CC3CCCN3CC2C)cc1. The molecule has 19 heavy (non-hydrogen) atoms. The lowest BCUT2D eigenvalue weighted by molar-refractivity contribution is 0.0540. The number of piperazine rings is 1. The topological polar surface area (TPSA) is 15.7 Å². The van der Waals surface area contributed by atoms with Crippen molar-refractivity contribution < 1.29 is 4.74 Å². The maximum absolute atomic E-state index is 5.22. The van der Waals surface area contributed by atoms with Gasteiger partial charge >= 0.3 is 0 Å². The second-order valence-electron chi connectivity index (χ2n) is 5.92. The molecule has 0 spiro atoms. The van der Waals surface area contributed by atoms with Crippen molar-refractivity contribution in [1.29, 1.82) is 0 Å². The van der Waals surface area contributed by atoms with E-state index in [-0.39, 0.29) is 0 Å². The molecule has 0 aromatic heterocycles. The van der Waals surface area contributed by atoms with Gasteiger partial charge in [0, 0.05) is 31.7 Å². The first kappa shape index (κ1) is 12.9. The Balaban J connectivity index is 1.64. The van der Waals surface area contributed by atoms with E-state index in [1.54, 1.807) is 7.11 Å². The normalized spacial score (nSPS) is 28.3. The van der Waals surface area contributed by atoms with Crippen LogP contribution in [-0.4, -0.2) is 48.6 Å². The molecule has 2 heterocycles. The van der Waals surface area contributed by atoms with Gasteiger partial charge in [0.25, 0.3) is 0 Å². The molecule has 1 aromatic carbocycles. The zero-order chi connectivity index (χ0) is 13.2. The zero-order valence-electron chi connectivity index (χ0n) is 12.0. The molecule has 0 saturated carbocycles. The highest BCUT2D eigenvalue weighted by Gasteiger charge is 2.34. The molecule has 0 radical (unpaired) electrons. The number of methoxy groups -OCH3 is 1. The lowest BCUT2D eigenvalue weighted by Crippen LogP contribution is -2.54. The van der Waals surface area contributed by atoms with E-state index in [0.29, 0.717) is 6.04 Å².